The molecule has 0 aromatic heterocycles. The molecule has 0 radical (unpaired) electrons. The van der Waals surface area contributed by atoms with Gasteiger partial charge in [-0.05, 0) is 5.16 Å². The number of benzene rings is 1. The highest BCUT2D eigenvalue weighted by Crippen LogP contribution is 2.35. The summed E-state index contributed by atoms with van der Waals surface area (Å²) in [5.41, 5.74) is 1.40. The number of rotatable bonds is 2. The van der Waals surface area contributed by atoms with Crippen molar-refractivity contribution in [2.24, 2.45) is 0 Å². The molecule has 0 spiro atoms. The van der Waals surface area contributed by atoms with E-state index in [0.717, 1.165) is 0 Å². The zero-order valence-electron chi connectivity index (χ0n) is 8.96. The van der Waals surface area contributed by atoms with Crippen molar-refractivity contribution in [1.29, 1.82) is 0 Å². The van der Waals surface area contributed by atoms with Crippen LogP contribution in [0.1, 0.15) is 19.4 Å². The molecule has 0 aliphatic rings. The van der Waals surface area contributed by atoms with Crippen LogP contribution in [0.2, 0.25) is 0 Å². The van der Waals surface area contributed by atoms with Gasteiger partial charge in [0.2, 0.25) is 0 Å². The van der Waals surface area contributed by atoms with Crippen LogP contribution in [-0.4, -0.2) is 20.8 Å². The summed E-state index contributed by atoms with van der Waals surface area (Å²) < 4.78 is 0. The van der Waals surface area contributed by atoms with Crippen LogP contribution >= 0.6 is 9.24 Å². The fraction of sp³-hybridized carbons (Fsp3) is 0.400. The van der Waals surface area contributed by atoms with Crippen molar-refractivity contribution in [3.05, 3.63) is 35.9 Å². The molecule has 0 bridgehead atoms. The first kappa shape index (κ1) is 10.9. The minimum Gasteiger partial charge on any atom is -0.132 e. The van der Waals surface area contributed by atoms with Crippen LogP contribution < -0.4 is 0 Å². The quantitative estimate of drug-likeness (QED) is 0.476. The van der Waals surface area contributed by atoms with Gasteiger partial charge in [0.05, 0.1) is 0 Å². The maximum Gasteiger partial charge on any atom is 0.106 e. The van der Waals surface area contributed by atoms with E-state index in [1.807, 2.05) is 0 Å². The lowest BCUT2D eigenvalue weighted by atomic mass is 9.45. The van der Waals surface area contributed by atoms with Gasteiger partial charge in [0.1, 0.15) is 15.7 Å². The van der Waals surface area contributed by atoms with Gasteiger partial charge < -0.3 is 0 Å². The van der Waals surface area contributed by atoms with Crippen LogP contribution in [0.25, 0.3) is 0 Å². The molecule has 0 amide bonds. The molecule has 1 rings (SSSR count). The van der Waals surface area contributed by atoms with E-state index in [4.69, 9.17) is 0 Å². The second-order valence-corrected chi connectivity index (χ2v) is 6.16. The van der Waals surface area contributed by atoms with Crippen LogP contribution in [0.15, 0.2) is 30.3 Å². The molecule has 0 N–H and O–H groups in total. The number of hydrogen-bond acceptors (Lipinski definition) is 0. The van der Waals surface area contributed by atoms with E-state index in [-0.39, 0.29) is 10.4 Å². The Morgan fingerprint density at radius 3 is 1.92 bits per heavy atom. The highest BCUT2D eigenvalue weighted by atomic mass is 31.0. The topological polar surface area (TPSA) is 0 Å². The van der Waals surface area contributed by atoms with Gasteiger partial charge >= 0.3 is 0 Å². The molecule has 68 valence electrons. The molecule has 0 heterocycles. The third kappa shape index (κ3) is 2.17. The molecule has 0 saturated heterocycles. The Balaban J connectivity index is 3.08. The fourth-order valence-corrected chi connectivity index (χ4v) is 1.39. The molecule has 0 aliphatic heterocycles. The molecule has 0 aliphatic carbocycles. The first-order valence-electron chi connectivity index (χ1n) is 4.70. The van der Waals surface area contributed by atoms with Gasteiger partial charge in [-0.1, -0.05) is 55.0 Å². The molecular formula is C10H17B2P. The first-order chi connectivity index (χ1) is 5.86. The lowest BCUT2D eigenvalue weighted by Crippen LogP contribution is -2.44. The van der Waals surface area contributed by atoms with Crippen molar-refractivity contribution in [3.8, 4) is 0 Å². The Bertz CT molecular complexity index is 275. The van der Waals surface area contributed by atoms with E-state index >= 15 is 0 Å². The minimum atomic E-state index is 0.193. The Morgan fingerprint density at radius 2 is 1.54 bits per heavy atom. The smallest absolute Gasteiger partial charge is 0.106 e. The Kier molecular flexibility index (Phi) is 2.92. The van der Waals surface area contributed by atoms with Gasteiger partial charge in [0.25, 0.3) is 0 Å². The second kappa shape index (κ2) is 3.50. The number of hydrogen-bond donors (Lipinski definition) is 0. The maximum absolute atomic E-state index is 2.93. The highest BCUT2D eigenvalue weighted by molar-refractivity contribution is 7.19. The average molecular weight is 190 g/mol. The van der Waals surface area contributed by atoms with Crippen LogP contribution in [0.3, 0.4) is 0 Å². The van der Waals surface area contributed by atoms with Crippen molar-refractivity contribution < 1.29 is 0 Å². The summed E-state index contributed by atoms with van der Waals surface area (Å²) in [6, 6.07) is 10.7. The van der Waals surface area contributed by atoms with Crippen molar-refractivity contribution in [2.45, 2.75) is 24.2 Å². The average Bonchev–Trinajstić information content (AvgIpc) is 2.04. The monoisotopic (exact) mass is 190 g/mol. The van der Waals surface area contributed by atoms with E-state index in [9.17, 15) is 0 Å². The summed E-state index contributed by atoms with van der Waals surface area (Å²) >= 11 is 0. The molecule has 0 fully saturated rings. The van der Waals surface area contributed by atoms with Crippen LogP contribution in [0.5, 0.6) is 0 Å². The van der Waals surface area contributed by atoms with E-state index in [2.05, 4.69) is 69.1 Å². The Hall–Kier alpha value is -0.220. The van der Waals surface area contributed by atoms with Gasteiger partial charge in [-0.3, -0.25) is 0 Å². The molecule has 1 atom stereocenters. The molecule has 0 nitrogen and oxygen atoms in total. The van der Waals surface area contributed by atoms with Gasteiger partial charge in [-0.2, -0.15) is 0 Å². The standard InChI is InChI=1S/C10H17B2P/c1-9(2,13)10(11,12)8-6-4-3-5-7-8/h3-7H,11-13H2,1-2H3. The summed E-state index contributed by atoms with van der Waals surface area (Å²) in [6.07, 6.45) is 0. The van der Waals surface area contributed by atoms with Crippen molar-refractivity contribution >= 4 is 24.9 Å². The van der Waals surface area contributed by atoms with Crippen molar-refractivity contribution in [2.75, 3.05) is 0 Å². The summed E-state index contributed by atoms with van der Waals surface area (Å²) in [7, 11) is 7.51. The van der Waals surface area contributed by atoms with Crippen LogP contribution in [-0.2, 0) is 5.21 Å². The van der Waals surface area contributed by atoms with E-state index in [1.54, 1.807) is 0 Å². The zero-order chi connectivity index (χ0) is 10.1. The highest BCUT2D eigenvalue weighted by Gasteiger charge is 2.33. The molecular weight excluding hydrogens is 173 g/mol. The zero-order valence-corrected chi connectivity index (χ0v) is 10.1. The minimum absolute atomic E-state index is 0.193. The summed E-state index contributed by atoms with van der Waals surface area (Å²) in [4.78, 5) is 0. The predicted molar refractivity (Wildman–Crippen MR) is 69.0 cm³/mol. The van der Waals surface area contributed by atoms with Crippen molar-refractivity contribution in [3.63, 3.8) is 0 Å². The lowest BCUT2D eigenvalue weighted by Gasteiger charge is -2.39. The molecule has 1 aromatic rings. The van der Waals surface area contributed by atoms with Gasteiger partial charge in [-0.15, -0.1) is 9.24 Å². The second-order valence-electron chi connectivity index (χ2n) is 4.71. The fourth-order valence-electron chi connectivity index (χ4n) is 1.23. The summed E-state index contributed by atoms with van der Waals surface area (Å²) in [6.45, 7) is 4.51. The SMILES string of the molecule is BC(B)(c1ccccc1)C(C)(C)P. The Labute approximate surface area is 85.5 Å². The molecule has 1 unspecified atom stereocenters. The molecule has 0 saturated carbocycles. The van der Waals surface area contributed by atoms with Gasteiger partial charge in [-0.25, -0.2) is 0 Å². The summed E-state index contributed by atoms with van der Waals surface area (Å²) in [5, 5.41) is 0.410. The van der Waals surface area contributed by atoms with E-state index in [1.165, 1.54) is 5.56 Å². The third-order valence-electron chi connectivity index (χ3n) is 3.11. The van der Waals surface area contributed by atoms with Crippen LogP contribution in [0.4, 0.5) is 0 Å². The van der Waals surface area contributed by atoms with Gasteiger partial charge in [0.15, 0.2) is 0 Å². The van der Waals surface area contributed by atoms with E-state index in [0.29, 0.717) is 0 Å². The van der Waals surface area contributed by atoms with Crippen LogP contribution in [0, 0.1) is 0 Å². The Morgan fingerprint density at radius 1 is 1.08 bits per heavy atom. The molecule has 1 aromatic carbocycles. The third-order valence-corrected chi connectivity index (χ3v) is 3.83. The molecule has 3 heteroatoms. The maximum atomic E-state index is 2.93. The first-order valence-corrected chi connectivity index (χ1v) is 5.28. The van der Waals surface area contributed by atoms with Crippen molar-refractivity contribution in [1.82, 2.24) is 0 Å². The van der Waals surface area contributed by atoms with E-state index < -0.39 is 0 Å². The van der Waals surface area contributed by atoms with Gasteiger partial charge in [0, 0.05) is 0 Å². The summed E-state index contributed by atoms with van der Waals surface area (Å²) in [5.74, 6) is 0. The molecule has 13 heavy (non-hydrogen) atoms. The predicted octanol–water partition coefficient (Wildman–Crippen LogP) is 0.759. The normalized spacial score (nSPS) is 12.8. The largest absolute Gasteiger partial charge is 0.132 e. The lowest BCUT2D eigenvalue weighted by molar-refractivity contribution is 0.626.